The second kappa shape index (κ2) is 8.77. The topological polar surface area (TPSA) is 96.2 Å². The Kier molecular flexibility index (Phi) is 6.06. The minimum atomic E-state index is -5.16. The Labute approximate surface area is 203 Å². The third kappa shape index (κ3) is 4.65. The molecule has 2 aromatic carbocycles. The van der Waals surface area contributed by atoms with E-state index in [0.29, 0.717) is 12.1 Å². The van der Waals surface area contributed by atoms with E-state index >= 15 is 0 Å². The molecule has 0 saturated carbocycles. The molecule has 1 atom stereocenters. The van der Waals surface area contributed by atoms with Gasteiger partial charge in [0.05, 0.1) is 28.7 Å². The van der Waals surface area contributed by atoms with Gasteiger partial charge in [-0.05, 0) is 30.3 Å². The van der Waals surface area contributed by atoms with Crippen molar-refractivity contribution in [2.75, 3.05) is 0 Å². The highest BCUT2D eigenvalue weighted by Gasteiger charge is 2.62. The van der Waals surface area contributed by atoms with Crippen molar-refractivity contribution in [3.05, 3.63) is 76.1 Å². The Morgan fingerprint density at radius 2 is 1.81 bits per heavy atom. The van der Waals surface area contributed by atoms with Crippen LogP contribution in [0.15, 0.2) is 53.9 Å². The van der Waals surface area contributed by atoms with E-state index in [1.54, 1.807) is 0 Å². The SMILES string of the molecule is N#Cc1cnn(-c2ccc(C3=NOC(c4cc(Cl)cc(OC(F)(F)F)c4)(C(F)(F)F)C3)cc2C#N)c1. The molecule has 1 aromatic heterocycles. The minimum absolute atomic E-state index is 0.0101. The highest BCUT2D eigenvalue weighted by atomic mass is 35.5. The zero-order valence-electron chi connectivity index (χ0n) is 17.5. The maximum atomic E-state index is 14.3. The molecule has 0 radical (unpaired) electrons. The Hall–Kier alpha value is -4.23. The molecule has 0 N–H and O–H groups in total. The first-order valence-corrected chi connectivity index (χ1v) is 10.1. The van der Waals surface area contributed by atoms with Crippen LogP contribution in [0.1, 0.15) is 28.7 Å². The van der Waals surface area contributed by atoms with E-state index in [4.69, 9.17) is 21.7 Å². The van der Waals surface area contributed by atoms with Crippen LogP contribution < -0.4 is 4.74 Å². The van der Waals surface area contributed by atoms with Gasteiger partial charge >= 0.3 is 12.5 Å². The lowest BCUT2D eigenvalue weighted by Gasteiger charge is -2.30. The molecule has 3 aromatic rings. The molecule has 7 nitrogen and oxygen atoms in total. The molecule has 14 heteroatoms. The van der Waals surface area contributed by atoms with E-state index < -0.39 is 40.9 Å². The number of rotatable bonds is 4. The third-order valence-corrected chi connectivity index (χ3v) is 5.38. The summed E-state index contributed by atoms with van der Waals surface area (Å²) in [6.07, 6.45) is -8.58. The van der Waals surface area contributed by atoms with E-state index in [1.165, 1.54) is 35.3 Å². The van der Waals surface area contributed by atoms with Crippen molar-refractivity contribution < 1.29 is 35.9 Å². The Morgan fingerprint density at radius 1 is 1.06 bits per heavy atom. The normalized spacial score (nSPS) is 17.6. The Morgan fingerprint density at radius 3 is 2.42 bits per heavy atom. The highest BCUT2D eigenvalue weighted by molar-refractivity contribution is 6.30. The van der Waals surface area contributed by atoms with Crippen molar-refractivity contribution in [2.24, 2.45) is 5.16 Å². The molecule has 1 aliphatic heterocycles. The fourth-order valence-corrected chi connectivity index (χ4v) is 3.79. The van der Waals surface area contributed by atoms with Crippen molar-refractivity contribution in [1.29, 1.82) is 10.5 Å². The van der Waals surface area contributed by atoms with Crippen molar-refractivity contribution in [3.8, 4) is 23.6 Å². The predicted molar refractivity (Wildman–Crippen MR) is 111 cm³/mol. The molecule has 0 amide bonds. The summed E-state index contributed by atoms with van der Waals surface area (Å²) in [6, 6.07) is 9.86. The summed E-state index contributed by atoms with van der Waals surface area (Å²) in [5.74, 6) is -0.960. The summed E-state index contributed by atoms with van der Waals surface area (Å²) in [7, 11) is 0. The number of nitriles is 2. The summed E-state index contributed by atoms with van der Waals surface area (Å²) < 4.78 is 85.7. The lowest BCUT2D eigenvalue weighted by molar-refractivity contribution is -0.277. The average Bonchev–Trinajstić information content (AvgIpc) is 3.45. The van der Waals surface area contributed by atoms with Crippen LogP contribution in [0.3, 0.4) is 0 Å². The molecule has 0 aliphatic carbocycles. The summed E-state index contributed by atoms with van der Waals surface area (Å²) in [4.78, 5) is 4.84. The molecule has 0 saturated heterocycles. The quantitative estimate of drug-likeness (QED) is 0.404. The summed E-state index contributed by atoms with van der Waals surface area (Å²) in [5, 5.41) is 25.6. The molecule has 0 spiro atoms. The smallest absolute Gasteiger partial charge is 0.406 e. The van der Waals surface area contributed by atoms with E-state index in [2.05, 4.69) is 15.0 Å². The number of hydrogen-bond acceptors (Lipinski definition) is 6. The predicted octanol–water partition coefficient (Wildman–Crippen LogP) is 5.75. The van der Waals surface area contributed by atoms with Crippen molar-refractivity contribution >= 4 is 17.3 Å². The van der Waals surface area contributed by atoms with Gasteiger partial charge in [0, 0.05) is 28.8 Å². The van der Waals surface area contributed by atoms with Crippen molar-refractivity contribution in [3.63, 3.8) is 0 Å². The minimum Gasteiger partial charge on any atom is -0.406 e. The number of nitrogens with zero attached hydrogens (tertiary/aromatic N) is 5. The second-order valence-corrected chi connectivity index (χ2v) is 7.92. The average molecular weight is 526 g/mol. The van der Waals surface area contributed by atoms with Crippen LogP contribution in [0, 0.1) is 22.7 Å². The zero-order valence-corrected chi connectivity index (χ0v) is 18.3. The van der Waals surface area contributed by atoms with E-state index in [0.717, 1.165) is 6.07 Å². The van der Waals surface area contributed by atoms with Gasteiger partial charge in [-0.1, -0.05) is 22.8 Å². The van der Waals surface area contributed by atoms with Gasteiger partial charge in [-0.15, -0.1) is 13.2 Å². The second-order valence-electron chi connectivity index (χ2n) is 7.48. The zero-order chi connectivity index (χ0) is 26.3. The largest absolute Gasteiger partial charge is 0.573 e. The first-order valence-electron chi connectivity index (χ1n) is 9.73. The van der Waals surface area contributed by atoms with Gasteiger partial charge < -0.3 is 9.57 Å². The Balaban J connectivity index is 1.72. The van der Waals surface area contributed by atoms with Crippen LogP contribution in [0.25, 0.3) is 5.69 Å². The molecule has 1 aliphatic rings. The molecule has 0 fully saturated rings. The standard InChI is InChI=1S/C22H10ClF6N5O2/c23-16-4-15(5-17(6-16)35-22(27,28)29)20(21(24,25)26)7-18(33-36-20)13-1-2-19(14(3-13)9-31)34-11-12(8-30)10-32-34/h1-6,10-11H,7H2. The van der Waals surface area contributed by atoms with Gasteiger partial charge in [0.25, 0.3) is 5.60 Å². The molecular weight excluding hydrogens is 516 g/mol. The highest BCUT2D eigenvalue weighted by Crippen LogP contribution is 2.50. The van der Waals surface area contributed by atoms with Gasteiger partial charge in [-0.3, -0.25) is 0 Å². The van der Waals surface area contributed by atoms with Gasteiger partial charge in [-0.2, -0.15) is 28.8 Å². The maximum Gasteiger partial charge on any atom is 0.573 e. The number of alkyl halides is 6. The van der Waals surface area contributed by atoms with Gasteiger partial charge in [-0.25, -0.2) is 4.68 Å². The number of benzene rings is 2. The van der Waals surface area contributed by atoms with Crippen LogP contribution in [-0.4, -0.2) is 28.0 Å². The van der Waals surface area contributed by atoms with Crippen molar-refractivity contribution in [2.45, 2.75) is 24.6 Å². The fraction of sp³-hybridized carbons (Fsp3) is 0.182. The van der Waals surface area contributed by atoms with Crippen LogP contribution in [-0.2, 0) is 10.4 Å². The van der Waals surface area contributed by atoms with Crippen LogP contribution in [0.5, 0.6) is 5.75 Å². The van der Waals surface area contributed by atoms with Gasteiger partial charge in [0.15, 0.2) is 0 Å². The maximum absolute atomic E-state index is 14.3. The first-order chi connectivity index (χ1) is 16.8. The van der Waals surface area contributed by atoms with E-state index in [-0.39, 0.29) is 28.1 Å². The number of oxime groups is 1. The summed E-state index contributed by atoms with van der Waals surface area (Å²) >= 11 is 5.78. The Bertz CT molecular complexity index is 1450. The summed E-state index contributed by atoms with van der Waals surface area (Å²) in [5.41, 5.74) is -3.54. The molecular formula is C22H10ClF6N5O2. The number of ether oxygens (including phenoxy) is 1. The molecule has 184 valence electrons. The lowest BCUT2D eigenvalue weighted by atomic mass is 9.86. The molecule has 1 unspecified atom stereocenters. The molecule has 0 bridgehead atoms. The van der Waals surface area contributed by atoms with E-state index in [9.17, 15) is 31.6 Å². The fourth-order valence-electron chi connectivity index (χ4n) is 3.56. The number of aromatic nitrogens is 2. The molecule has 2 heterocycles. The molecule has 4 rings (SSSR count). The first kappa shape index (κ1) is 24.9. The number of halogens is 7. The monoisotopic (exact) mass is 525 g/mol. The van der Waals surface area contributed by atoms with Crippen molar-refractivity contribution in [1.82, 2.24) is 9.78 Å². The number of hydrogen-bond donors (Lipinski definition) is 0. The van der Waals surface area contributed by atoms with Crippen LogP contribution >= 0.6 is 11.6 Å². The van der Waals surface area contributed by atoms with Gasteiger partial charge in [0.2, 0.25) is 0 Å². The van der Waals surface area contributed by atoms with Gasteiger partial charge in [0.1, 0.15) is 17.9 Å². The third-order valence-electron chi connectivity index (χ3n) is 5.17. The molecule has 36 heavy (non-hydrogen) atoms. The van der Waals surface area contributed by atoms with E-state index in [1.807, 2.05) is 12.1 Å². The summed E-state index contributed by atoms with van der Waals surface area (Å²) in [6.45, 7) is 0. The van der Waals surface area contributed by atoms with Crippen LogP contribution in [0.2, 0.25) is 5.02 Å². The lowest BCUT2D eigenvalue weighted by Crippen LogP contribution is -2.42. The van der Waals surface area contributed by atoms with Crippen LogP contribution in [0.4, 0.5) is 26.3 Å².